The summed E-state index contributed by atoms with van der Waals surface area (Å²) in [5.41, 5.74) is 1.15. The lowest BCUT2D eigenvalue weighted by atomic mass is 9.31. The number of aliphatic hydroxyl groups excluding tert-OH is 1. The third kappa shape index (κ3) is 3.21. The van der Waals surface area contributed by atoms with E-state index in [9.17, 15) is 9.90 Å². The minimum atomic E-state index is -0.00883. The number of methoxy groups -OCH3 is 1. The highest BCUT2D eigenvalue weighted by Gasteiger charge is 2.70. The molecule has 5 aliphatic rings. The number of hydrogen-bond donors (Lipinski definition) is 1. The first-order valence-electron chi connectivity index (χ1n) is 15.0. The first kappa shape index (κ1) is 26.1. The molecular formula is C32H54O3. The zero-order chi connectivity index (χ0) is 25.6. The summed E-state index contributed by atoms with van der Waals surface area (Å²) in [6.07, 6.45) is 12.4. The zero-order valence-corrected chi connectivity index (χ0v) is 24.1. The van der Waals surface area contributed by atoms with E-state index in [2.05, 4.69) is 48.5 Å². The van der Waals surface area contributed by atoms with Gasteiger partial charge in [-0.2, -0.15) is 0 Å². The minimum Gasteiger partial charge on any atom is -0.469 e. The second-order valence-corrected chi connectivity index (χ2v) is 15.5. The monoisotopic (exact) mass is 486 g/mol. The molecule has 3 nitrogen and oxygen atoms in total. The van der Waals surface area contributed by atoms with E-state index >= 15 is 0 Å². The highest BCUT2D eigenvalue weighted by molar-refractivity contribution is 5.73. The van der Waals surface area contributed by atoms with Gasteiger partial charge in [0, 0.05) is 6.61 Å². The van der Waals surface area contributed by atoms with E-state index in [1.165, 1.54) is 57.8 Å². The second kappa shape index (κ2) is 8.21. The summed E-state index contributed by atoms with van der Waals surface area (Å²) in [5.74, 6) is 4.25. The van der Waals surface area contributed by atoms with Gasteiger partial charge < -0.3 is 9.84 Å². The molecule has 11 atom stereocenters. The summed E-state index contributed by atoms with van der Waals surface area (Å²) >= 11 is 0. The molecule has 0 aromatic carbocycles. The highest BCUT2D eigenvalue weighted by Crippen LogP contribution is 2.77. The van der Waals surface area contributed by atoms with Crippen LogP contribution in [0.1, 0.15) is 113 Å². The largest absolute Gasteiger partial charge is 0.469 e. The van der Waals surface area contributed by atoms with Gasteiger partial charge in [0.1, 0.15) is 0 Å². The zero-order valence-electron chi connectivity index (χ0n) is 24.1. The average molecular weight is 487 g/mol. The van der Waals surface area contributed by atoms with Crippen LogP contribution >= 0.6 is 0 Å². The van der Waals surface area contributed by atoms with Crippen molar-refractivity contribution in [3.63, 3.8) is 0 Å². The summed E-state index contributed by atoms with van der Waals surface area (Å²) < 4.78 is 5.28. The lowest BCUT2D eigenvalue weighted by Gasteiger charge is -2.74. The summed E-state index contributed by atoms with van der Waals surface area (Å²) in [6, 6.07) is 0. The van der Waals surface area contributed by atoms with E-state index in [0.717, 1.165) is 24.2 Å². The van der Waals surface area contributed by atoms with E-state index < -0.39 is 0 Å². The predicted molar refractivity (Wildman–Crippen MR) is 142 cm³/mol. The van der Waals surface area contributed by atoms with Crippen molar-refractivity contribution in [2.45, 2.75) is 113 Å². The van der Waals surface area contributed by atoms with Crippen molar-refractivity contribution in [2.24, 2.45) is 68.5 Å². The van der Waals surface area contributed by atoms with Crippen LogP contribution in [0.25, 0.3) is 0 Å². The Morgan fingerprint density at radius 1 is 0.829 bits per heavy atom. The Labute approximate surface area is 215 Å². The van der Waals surface area contributed by atoms with Gasteiger partial charge in [-0.15, -0.1) is 0 Å². The standard InChI is InChI=1S/C32H54O3/c1-20-11-16-32(19-33)18-17-30(6)22(26(32)21(20)2)9-10-25-29(5)14-12-23(27(34)35-8)28(3,4)24(29)13-15-31(25,30)7/h20-26,33H,9-19H2,1-8H3/t20-,21+,22-,23?,24?,25-,26+,29+,30-,31-,32-/m1/s1. The third-order valence-electron chi connectivity index (χ3n) is 14.6. The van der Waals surface area contributed by atoms with Gasteiger partial charge in [0.2, 0.25) is 0 Å². The van der Waals surface area contributed by atoms with Gasteiger partial charge in [-0.05, 0) is 127 Å². The van der Waals surface area contributed by atoms with Gasteiger partial charge in [0.05, 0.1) is 13.0 Å². The fourth-order valence-electron chi connectivity index (χ4n) is 12.3. The van der Waals surface area contributed by atoms with Crippen LogP contribution in [0.2, 0.25) is 0 Å². The van der Waals surface area contributed by atoms with Gasteiger partial charge in [-0.1, -0.05) is 48.5 Å². The van der Waals surface area contributed by atoms with Crippen molar-refractivity contribution >= 4 is 5.97 Å². The van der Waals surface area contributed by atoms with Gasteiger partial charge in [0.25, 0.3) is 0 Å². The molecule has 5 fully saturated rings. The number of fused-ring (bicyclic) bond motifs is 7. The summed E-state index contributed by atoms with van der Waals surface area (Å²) in [5, 5.41) is 10.8. The molecule has 1 N–H and O–H groups in total. The molecule has 0 heterocycles. The van der Waals surface area contributed by atoms with Gasteiger partial charge >= 0.3 is 5.97 Å². The Balaban J connectivity index is 1.51. The van der Waals surface area contributed by atoms with Crippen LogP contribution in [0, 0.1) is 68.5 Å². The van der Waals surface area contributed by atoms with Gasteiger partial charge in [-0.3, -0.25) is 4.79 Å². The van der Waals surface area contributed by atoms with Crippen molar-refractivity contribution in [1.29, 1.82) is 0 Å². The minimum absolute atomic E-state index is 0.00841. The van der Waals surface area contributed by atoms with Crippen LogP contribution < -0.4 is 0 Å². The van der Waals surface area contributed by atoms with Gasteiger partial charge in [0.15, 0.2) is 0 Å². The molecule has 2 unspecified atom stereocenters. The predicted octanol–water partition coefficient (Wildman–Crippen LogP) is 7.51. The van der Waals surface area contributed by atoms with Crippen molar-refractivity contribution in [3.8, 4) is 0 Å². The molecule has 0 spiro atoms. The maximum absolute atomic E-state index is 12.8. The molecule has 0 amide bonds. The van der Waals surface area contributed by atoms with Gasteiger partial charge in [-0.25, -0.2) is 0 Å². The summed E-state index contributed by atoms with van der Waals surface area (Å²) in [7, 11) is 1.56. The number of rotatable bonds is 2. The van der Waals surface area contributed by atoms with E-state index in [0.29, 0.717) is 40.6 Å². The first-order valence-corrected chi connectivity index (χ1v) is 15.0. The molecule has 35 heavy (non-hydrogen) atoms. The molecule has 0 aromatic rings. The SMILES string of the molecule is COC(=O)C1CC[C@@]2(C)C(CC[C@]3(C)[C@@H]2CC[C@@H]2[C@@H]4[C@@H](C)[C@H](C)CC[C@]4(CO)CC[C@]23C)C1(C)C. The third-order valence-corrected chi connectivity index (χ3v) is 14.6. The number of hydrogen-bond acceptors (Lipinski definition) is 3. The maximum Gasteiger partial charge on any atom is 0.309 e. The first-order chi connectivity index (χ1) is 16.3. The van der Waals surface area contributed by atoms with Crippen LogP contribution in [0.3, 0.4) is 0 Å². The molecule has 5 saturated carbocycles. The molecule has 3 heteroatoms. The fraction of sp³-hybridized carbons (Fsp3) is 0.969. The topological polar surface area (TPSA) is 46.5 Å². The van der Waals surface area contributed by atoms with Crippen LogP contribution in [0.15, 0.2) is 0 Å². The molecule has 5 aliphatic carbocycles. The smallest absolute Gasteiger partial charge is 0.309 e. The Morgan fingerprint density at radius 3 is 2.20 bits per heavy atom. The number of aliphatic hydroxyl groups is 1. The van der Waals surface area contributed by atoms with Crippen molar-refractivity contribution in [1.82, 2.24) is 0 Å². The number of ether oxygens (including phenoxy) is 1. The molecule has 0 radical (unpaired) electrons. The molecular weight excluding hydrogens is 432 g/mol. The quantitative estimate of drug-likeness (QED) is 0.411. The lowest BCUT2D eigenvalue weighted by molar-refractivity contribution is -0.257. The lowest BCUT2D eigenvalue weighted by Crippen LogP contribution is -2.67. The molecule has 0 aromatic heterocycles. The number of esters is 1. The Hall–Kier alpha value is -0.570. The maximum atomic E-state index is 12.8. The van der Waals surface area contributed by atoms with E-state index in [-0.39, 0.29) is 22.7 Å². The normalized spacial score (nSPS) is 55.1. The molecule has 0 bridgehead atoms. The molecule has 0 aliphatic heterocycles. The molecule has 5 rings (SSSR count). The van der Waals surface area contributed by atoms with Crippen LogP contribution in [-0.4, -0.2) is 24.8 Å². The highest BCUT2D eigenvalue weighted by atomic mass is 16.5. The van der Waals surface area contributed by atoms with Crippen molar-refractivity contribution < 1.29 is 14.6 Å². The van der Waals surface area contributed by atoms with Crippen molar-refractivity contribution in [2.75, 3.05) is 13.7 Å². The Kier molecular flexibility index (Phi) is 6.11. The van der Waals surface area contributed by atoms with Crippen LogP contribution in [0.4, 0.5) is 0 Å². The second-order valence-electron chi connectivity index (χ2n) is 15.5. The fourth-order valence-corrected chi connectivity index (χ4v) is 12.3. The number of carbonyl (C=O) groups excluding carboxylic acids is 1. The molecule has 0 saturated heterocycles. The number of carbonyl (C=O) groups is 1. The van der Waals surface area contributed by atoms with E-state index in [1.54, 1.807) is 7.11 Å². The Bertz CT molecular complexity index is 850. The average Bonchev–Trinajstić information content (AvgIpc) is 2.81. The van der Waals surface area contributed by atoms with E-state index in [4.69, 9.17) is 4.74 Å². The van der Waals surface area contributed by atoms with Crippen molar-refractivity contribution in [3.05, 3.63) is 0 Å². The summed E-state index contributed by atoms with van der Waals surface area (Å²) in [6.45, 7) is 18.1. The van der Waals surface area contributed by atoms with Crippen LogP contribution in [-0.2, 0) is 9.53 Å². The molecule has 200 valence electrons. The summed E-state index contributed by atoms with van der Waals surface area (Å²) in [4.78, 5) is 12.8. The van der Waals surface area contributed by atoms with Crippen LogP contribution in [0.5, 0.6) is 0 Å². The van der Waals surface area contributed by atoms with E-state index in [1.807, 2.05) is 0 Å². The Morgan fingerprint density at radius 2 is 1.54 bits per heavy atom.